The predicted octanol–water partition coefficient (Wildman–Crippen LogP) is 2.15. The first-order chi connectivity index (χ1) is 9.30. The van der Waals surface area contributed by atoms with Crippen molar-refractivity contribution in [3.8, 4) is 6.07 Å². The normalized spacial score (nSPS) is 12.6. The number of rotatable bonds is 5. The maximum Gasteiger partial charge on any atom is 0.407 e. The number of hydrogen-bond donors (Lipinski definition) is 2. The predicted molar refractivity (Wildman–Crippen MR) is 74.0 cm³/mol. The van der Waals surface area contributed by atoms with Crippen molar-refractivity contribution >= 4 is 6.09 Å². The van der Waals surface area contributed by atoms with Crippen LogP contribution in [0.1, 0.15) is 39.2 Å². The van der Waals surface area contributed by atoms with Gasteiger partial charge < -0.3 is 19.8 Å². The second-order valence-corrected chi connectivity index (χ2v) is 5.54. The van der Waals surface area contributed by atoms with E-state index in [0.29, 0.717) is 24.6 Å². The van der Waals surface area contributed by atoms with Crippen molar-refractivity contribution in [1.29, 1.82) is 5.26 Å². The van der Waals surface area contributed by atoms with Crippen LogP contribution in [0.5, 0.6) is 0 Å². The molecule has 6 heteroatoms. The van der Waals surface area contributed by atoms with Crippen LogP contribution in [0.15, 0.2) is 16.5 Å². The third-order valence-corrected chi connectivity index (χ3v) is 2.35. The van der Waals surface area contributed by atoms with E-state index in [4.69, 9.17) is 14.4 Å². The highest BCUT2D eigenvalue weighted by Gasteiger charge is 2.16. The Labute approximate surface area is 119 Å². The molecule has 1 rings (SSSR count). The largest absolute Gasteiger partial charge is 0.449 e. The summed E-state index contributed by atoms with van der Waals surface area (Å²) in [6.45, 7) is 8.33. The second kappa shape index (κ2) is 6.96. The lowest BCUT2D eigenvalue weighted by Gasteiger charge is -2.21. The molecule has 0 aliphatic rings. The Morgan fingerprint density at radius 1 is 1.50 bits per heavy atom. The summed E-state index contributed by atoms with van der Waals surface area (Å²) in [5, 5.41) is 14.5. The molecule has 20 heavy (non-hydrogen) atoms. The number of furan rings is 1. The molecule has 0 spiro atoms. The Balaban J connectivity index is 2.25. The molecule has 6 nitrogen and oxygen atoms in total. The summed E-state index contributed by atoms with van der Waals surface area (Å²) in [5.74, 6) is 0.979. The quantitative estimate of drug-likeness (QED) is 0.862. The number of carbonyl (C=O) groups excluding carboxylic acids is 1. The summed E-state index contributed by atoms with van der Waals surface area (Å²) in [6, 6.07) is 5.36. The number of nitriles is 1. The second-order valence-electron chi connectivity index (χ2n) is 5.54. The van der Waals surface area contributed by atoms with E-state index < -0.39 is 11.7 Å². The monoisotopic (exact) mass is 279 g/mol. The standard InChI is InChI=1S/C14H21N3O3/c1-10(8-17-13(18)20-14(2,3)4)16-9-12-6-5-11(7-15)19-12/h5-6,10,16H,8-9H2,1-4H3,(H,17,18). The Kier molecular flexibility index (Phi) is 5.59. The first kappa shape index (κ1) is 16.1. The molecule has 0 saturated heterocycles. The molecule has 0 saturated carbocycles. The molecule has 1 aromatic rings. The fourth-order valence-corrected chi connectivity index (χ4v) is 1.43. The Bertz CT molecular complexity index is 483. The molecule has 1 heterocycles. The zero-order chi connectivity index (χ0) is 15.2. The molecule has 1 aromatic heterocycles. The van der Waals surface area contributed by atoms with Crippen LogP contribution in [0.4, 0.5) is 4.79 Å². The fourth-order valence-electron chi connectivity index (χ4n) is 1.43. The molecule has 0 aliphatic carbocycles. The van der Waals surface area contributed by atoms with Gasteiger partial charge in [0.25, 0.3) is 0 Å². The van der Waals surface area contributed by atoms with Crippen LogP contribution in [0.25, 0.3) is 0 Å². The molecular formula is C14H21N3O3. The Morgan fingerprint density at radius 2 is 2.20 bits per heavy atom. The van der Waals surface area contributed by atoms with E-state index in [0.717, 1.165) is 0 Å². The summed E-state index contributed by atoms with van der Waals surface area (Å²) in [7, 11) is 0. The molecule has 1 atom stereocenters. The van der Waals surface area contributed by atoms with Gasteiger partial charge in [0.1, 0.15) is 17.4 Å². The van der Waals surface area contributed by atoms with E-state index in [1.165, 1.54) is 0 Å². The van der Waals surface area contributed by atoms with Crippen LogP contribution >= 0.6 is 0 Å². The summed E-state index contributed by atoms with van der Waals surface area (Å²) in [5.41, 5.74) is -0.497. The SMILES string of the molecule is CC(CNC(=O)OC(C)(C)C)NCc1ccc(C#N)o1. The van der Waals surface area contributed by atoms with Crippen molar-refractivity contribution in [3.05, 3.63) is 23.7 Å². The van der Waals surface area contributed by atoms with Crippen LogP contribution < -0.4 is 10.6 Å². The Hall–Kier alpha value is -2.00. The molecule has 1 unspecified atom stereocenters. The minimum atomic E-state index is -0.497. The molecule has 0 radical (unpaired) electrons. The zero-order valence-corrected chi connectivity index (χ0v) is 12.3. The first-order valence-electron chi connectivity index (χ1n) is 6.49. The van der Waals surface area contributed by atoms with Crippen LogP contribution in [0.3, 0.4) is 0 Å². The van der Waals surface area contributed by atoms with E-state index in [2.05, 4.69) is 10.6 Å². The zero-order valence-electron chi connectivity index (χ0n) is 12.3. The summed E-state index contributed by atoms with van der Waals surface area (Å²) < 4.78 is 10.4. The number of nitrogens with one attached hydrogen (secondary N) is 2. The average Bonchev–Trinajstić information content (AvgIpc) is 2.79. The van der Waals surface area contributed by atoms with Crippen LogP contribution in [0, 0.1) is 11.3 Å². The van der Waals surface area contributed by atoms with Crippen molar-refractivity contribution in [2.24, 2.45) is 0 Å². The van der Waals surface area contributed by atoms with Gasteiger partial charge in [-0.25, -0.2) is 4.79 Å². The molecule has 2 N–H and O–H groups in total. The van der Waals surface area contributed by atoms with Gasteiger partial charge in [0.05, 0.1) is 6.54 Å². The van der Waals surface area contributed by atoms with Gasteiger partial charge in [-0.15, -0.1) is 0 Å². The number of alkyl carbamates (subject to hydrolysis) is 1. The van der Waals surface area contributed by atoms with Gasteiger partial charge in [-0.05, 0) is 39.8 Å². The highest BCUT2D eigenvalue weighted by Crippen LogP contribution is 2.07. The third kappa shape index (κ3) is 6.25. The lowest BCUT2D eigenvalue weighted by atomic mass is 10.2. The van der Waals surface area contributed by atoms with Crippen molar-refractivity contribution in [3.63, 3.8) is 0 Å². The maximum absolute atomic E-state index is 11.5. The molecule has 110 valence electrons. The van der Waals surface area contributed by atoms with Gasteiger partial charge in [0, 0.05) is 12.6 Å². The van der Waals surface area contributed by atoms with Crippen LogP contribution in [-0.2, 0) is 11.3 Å². The minimum absolute atomic E-state index is 0.0538. The van der Waals surface area contributed by atoms with E-state index in [1.54, 1.807) is 12.1 Å². The maximum atomic E-state index is 11.5. The number of nitrogens with zero attached hydrogens (tertiary/aromatic N) is 1. The molecule has 0 aromatic carbocycles. The van der Waals surface area contributed by atoms with Crippen molar-refractivity contribution in [2.75, 3.05) is 6.54 Å². The molecule has 0 bridgehead atoms. The molecule has 1 amide bonds. The molecule has 0 aliphatic heterocycles. The van der Waals surface area contributed by atoms with Gasteiger partial charge in [-0.2, -0.15) is 5.26 Å². The van der Waals surface area contributed by atoms with Crippen LogP contribution in [-0.4, -0.2) is 24.3 Å². The number of carbonyl (C=O) groups is 1. The lowest BCUT2D eigenvalue weighted by Crippen LogP contribution is -2.40. The smallest absolute Gasteiger partial charge is 0.407 e. The Morgan fingerprint density at radius 3 is 2.75 bits per heavy atom. The van der Waals surface area contributed by atoms with Gasteiger partial charge in [0.2, 0.25) is 5.76 Å². The summed E-state index contributed by atoms with van der Waals surface area (Å²) in [4.78, 5) is 11.5. The minimum Gasteiger partial charge on any atom is -0.449 e. The van der Waals surface area contributed by atoms with Crippen molar-refractivity contribution in [2.45, 2.75) is 45.9 Å². The number of hydrogen-bond acceptors (Lipinski definition) is 5. The van der Waals surface area contributed by atoms with Gasteiger partial charge in [-0.1, -0.05) is 0 Å². The summed E-state index contributed by atoms with van der Waals surface area (Å²) in [6.07, 6.45) is -0.434. The molecular weight excluding hydrogens is 258 g/mol. The van der Waals surface area contributed by atoms with E-state index in [9.17, 15) is 4.79 Å². The highest BCUT2D eigenvalue weighted by atomic mass is 16.6. The fraction of sp³-hybridized carbons (Fsp3) is 0.571. The van der Waals surface area contributed by atoms with E-state index >= 15 is 0 Å². The third-order valence-electron chi connectivity index (χ3n) is 2.35. The van der Waals surface area contributed by atoms with Gasteiger partial charge in [0.15, 0.2) is 0 Å². The highest BCUT2D eigenvalue weighted by molar-refractivity contribution is 5.67. The van der Waals surface area contributed by atoms with Crippen molar-refractivity contribution in [1.82, 2.24) is 10.6 Å². The number of ether oxygens (including phenoxy) is 1. The van der Waals surface area contributed by atoms with E-state index in [1.807, 2.05) is 33.8 Å². The molecule has 0 fully saturated rings. The van der Waals surface area contributed by atoms with Gasteiger partial charge in [-0.3, -0.25) is 0 Å². The van der Waals surface area contributed by atoms with Crippen LogP contribution in [0.2, 0.25) is 0 Å². The average molecular weight is 279 g/mol. The van der Waals surface area contributed by atoms with Gasteiger partial charge >= 0.3 is 6.09 Å². The lowest BCUT2D eigenvalue weighted by molar-refractivity contribution is 0.0523. The topological polar surface area (TPSA) is 87.3 Å². The summed E-state index contributed by atoms with van der Waals surface area (Å²) >= 11 is 0. The number of amides is 1. The van der Waals surface area contributed by atoms with Crippen molar-refractivity contribution < 1.29 is 13.9 Å². The van der Waals surface area contributed by atoms with E-state index in [-0.39, 0.29) is 6.04 Å². The first-order valence-corrected chi connectivity index (χ1v) is 6.49.